The van der Waals surface area contributed by atoms with Gasteiger partial charge in [-0.25, -0.2) is 9.78 Å². The van der Waals surface area contributed by atoms with E-state index in [2.05, 4.69) is 10.3 Å². The molecule has 7 heteroatoms. The van der Waals surface area contributed by atoms with E-state index in [9.17, 15) is 9.59 Å². The first-order valence-corrected chi connectivity index (χ1v) is 5.74. The Morgan fingerprint density at radius 2 is 2.16 bits per heavy atom. The van der Waals surface area contributed by atoms with Crippen LogP contribution in [0.1, 0.15) is 27.5 Å². The fraction of sp³-hybridized carbons (Fsp3) is 0.250. The molecule has 0 aliphatic rings. The molecule has 0 unspecified atom stereocenters. The SMILES string of the molecule is O=C(O)c1ccc(C(=O)NCCCn2ccnc2)o1. The molecule has 0 spiro atoms. The Morgan fingerprint density at radius 1 is 1.37 bits per heavy atom. The van der Waals surface area contributed by atoms with E-state index in [0.29, 0.717) is 6.54 Å². The average Bonchev–Trinajstić information content (AvgIpc) is 3.05. The van der Waals surface area contributed by atoms with Gasteiger partial charge in [-0.15, -0.1) is 0 Å². The van der Waals surface area contributed by atoms with Gasteiger partial charge in [-0.2, -0.15) is 0 Å². The van der Waals surface area contributed by atoms with E-state index in [1.165, 1.54) is 12.1 Å². The van der Waals surface area contributed by atoms with Crippen LogP contribution >= 0.6 is 0 Å². The van der Waals surface area contributed by atoms with Gasteiger partial charge in [0.2, 0.25) is 5.76 Å². The van der Waals surface area contributed by atoms with E-state index in [0.717, 1.165) is 13.0 Å². The lowest BCUT2D eigenvalue weighted by Crippen LogP contribution is -2.24. The number of imidazole rings is 1. The molecule has 2 aromatic heterocycles. The molecule has 0 radical (unpaired) electrons. The number of hydrogen-bond donors (Lipinski definition) is 2. The maximum Gasteiger partial charge on any atom is 0.371 e. The smallest absolute Gasteiger partial charge is 0.371 e. The fourth-order valence-corrected chi connectivity index (χ4v) is 1.54. The molecule has 2 N–H and O–H groups in total. The second-order valence-corrected chi connectivity index (χ2v) is 3.88. The molecular weight excluding hydrogens is 250 g/mol. The van der Waals surface area contributed by atoms with Crippen molar-refractivity contribution in [2.75, 3.05) is 6.54 Å². The highest BCUT2D eigenvalue weighted by Gasteiger charge is 2.14. The van der Waals surface area contributed by atoms with Crippen molar-refractivity contribution in [3.8, 4) is 0 Å². The summed E-state index contributed by atoms with van der Waals surface area (Å²) in [6, 6.07) is 2.59. The van der Waals surface area contributed by atoms with Crippen molar-refractivity contribution in [3.05, 3.63) is 42.4 Å². The summed E-state index contributed by atoms with van der Waals surface area (Å²) < 4.78 is 6.79. The van der Waals surface area contributed by atoms with Crippen molar-refractivity contribution in [2.45, 2.75) is 13.0 Å². The number of aryl methyl sites for hydroxylation is 1. The Morgan fingerprint density at radius 3 is 2.79 bits per heavy atom. The molecule has 0 aromatic carbocycles. The summed E-state index contributed by atoms with van der Waals surface area (Å²) in [7, 11) is 0. The minimum atomic E-state index is -1.20. The molecular formula is C12H13N3O4. The number of furan rings is 1. The molecule has 1 amide bonds. The summed E-state index contributed by atoms with van der Waals surface area (Å²) in [5.41, 5.74) is 0. The highest BCUT2D eigenvalue weighted by Crippen LogP contribution is 2.07. The maximum atomic E-state index is 11.6. The lowest BCUT2D eigenvalue weighted by molar-refractivity contribution is 0.0659. The van der Waals surface area contributed by atoms with Crippen LogP contribution in [0.3, 0.4) is 0 Å². The zero-order valence-corrected chi connectivity index (χ0v) is 10.1. The number of rotatable bonds is 6. The quantitative estimate of drug-likeness (QED) is 0.757. The number of nitrogens with zero attached hydrogens (tertiary/aromatic N) is 2. The average molecular weight is 263 g/mol. The minimum absolute atomic E-state index is 0.0000286. The van der Waals surface area contributed by atoms with Crippen LogP contribution in [-0.2, 0) is 6.54 Å². The van der Waals surface area contributed by atoms with E-state index >= 15 is 0 Å². The number of carbonyl (C=O) groups is 2. The van der Waals surface area contributed by atoms with Gasteiger partial charge >= 0.3 is 5.97 Å². The van der Waals surface area contributed by atoms with Gasteiger partial charge in [0, 0.05) is 25.5 Å². The van der Waals surface area contributed by atoms with Gasteiger partial charge in [-0.1, -0.05) is 0 Å². The topological polar surface area (TPSA) is 97.4 Å². The number of amides is 1. The summed E-state index contributed by atoms with van der Waals surface area (Å²) in [5, 5.41) is 11.3. The predicted molar refractivity (Wildman–Crippen MR) is 64.8 cm³/mol. The molecule has 2 rings (SSSR count). The van der Waals surface area contributed by atoms with Gasteiger partial charge in [-0.05, 0) is 18.6 Å². The van der Waals surface area contributed by atoms with Gasteiger partial charge in [0.25, 0.3) is 5.91 Å². The Bertz CT molecular complexity index is 559. The highest BCUT2D eigenvalue weighted by atomic mass is 16.4. The molecule has 0 fully saturated rings. The number of nitrogens with one attached hydrogen (secondary N) is 1. The lowest BCUT2D eigenvalue weighted by Gasteiger charge is -2.03. The molecule has 19 heavy (non-hydrogen) atoms. The predicted octanol–water partition coefficient (Wildman–Crippen LogP) is 0.994. The highest BCUT2D eigenvalue weighted by molar-refractivity contribution is 5.93. The van der Waals surface area contributed by atoms with Gasteiger partial charge in [-0.3, -0.25) is 4.79 Å². The van der Waals surface area contributed by atoms with Crippen LogP contribution < -0.4 is 5.32 Å². The third kappa shape index (κ3) is 3.44. The zero-order chi connectivity index (χ0) is 13.7. The van der Waals surface area contributed by atoms with Gasteiger partial charge in [0.15, 0.2) is 5.76 Å². The van der Waals surface area contributed by atoms with E-state index < -0.39 is 11.9 Å². The first-order chi connectivity index (χ1) is 9.16. The number of carboxylic acid groups (broad SMARTS) is 1. The van der Waals surface area contributed by atoms with Crippen LogP contribution in [0, 0.1) is 0 Å². The van der Waals surface area contributed by atoms with E-state index in [4.69, 9.17) is 9.52 Å². The minimum Gasteiger partial charge on any atom is -0.475 e. The first-order valence-electron chi connectivity index (χ1n) is 5.74. The number of aromatic nitrogens is 2. The summed E-state index contributed by atoms with van der Waals surface area (Å²) in [6.45, 7) is 1.22. The molecule has 0 saturated heterocycles. The normalized spacial score (nSPS) is 10.3. The van der Waals surface area contributed by atoms with E-state index in [1.807, 2.05) is 10.8 Å². The van der Waals surface area contributed by atoms with Gasteiger partial charge < -0.3 is 19.4 Å². The second kappa shape index (κ2) is 5.85. The third-order valence-electron chi connectivity index (χ3n) is 2.48. The number of carboxylic acids is 1. The van der Waals surface area contributed by atoms with Crippen molar-refractivity contribution in [1.29, 1.82) is 0 Å². The Kier molecular flexibility index (Phi) is 3.97. The third-order valence-corrected chi connectivity index (χ3v) is 2.48. The van der Waals surface area contributed by atoms with Crippen LogP contribution in [0.5, 0.6) is 0 Å². The van der Waals surface area contributed by atoms with Crippen molar-refractivity contribution in [2.24, 2.45) is 0 Å². The van der Waals surface area contributed by atoms with Crippen LogP contribution in [0.4, 0.5) is 0 Å². The van der Waals surface area contributed by atoms with E-state index in [-0.39, 0.29) is 11.5 Å². The largest absolute Gasteiger partial charge is 0.475 e. The van der Waals surface area contributed by atoms with Crippen LogP contribution in [0.2, 0.25) is 0 Å². The van der Waals surface area contributed by atoms with Gasteiger partial charge in [0.1, 0.15) is 0 Å². The number of hydrogen-bond acceptors (Lipinski definition) is 4. The Balaban J connectivity index is 1.76. The monoisotopic (exact) mass is 263 g/mol. The molecule has 0 bridgehead atoms. The Labute approximate surface area is 108 Å². The van der Waals surface area contributed by atoms with Gasteiger partial charge in [0.05, 0.1) is 6.33 Å². The second-order valence-electron chi connectivity index (χ2n) is 3.88. The first kappa shape index (κ1) is 12.9. The van der Waals surface area contributed by atoms with E-state index in [1.54, 1.807) is 12.5 Å². The molecule has 100 valence electrons. The molecule has 2 aromatic rings. The summed E-state index contributed by atoms with van der Waals surface area (Å²) in [5.74, 6) is -1.86. The number of carbonyl (C=O) groups excluding carboxylic acids is 1. The van der Waals surface area contributed by atoms with Crippen molar-refractivity contribution >= 4 is 11.9 Å². The molecule has 0 aliphatic carbocycles. The summed E-state index contributed by atoms with van der Waals surface area (Å²) >= 11 is 0. The van der Waals surface area contributed by atoms with Crippen LogP contribution in [0.15, 0.2) is 35.3 Å². The lowest BCUT2D eigenvalue weighted by atomic mass is 10.3. The standard InChI is InChI=1S/C12H13N3O4/c16-11(9-2-3-10(19-9)12(17)18)14-4-1-6-15-7-5-13-8-15/h2-3,5,7-8H,1,4,6H2,(H,14,16)(H,17,18). The molecule has 7 nitrogen and oxygen atoms in total. The molecule has 0 aliphatic heterocycles. The summed E-state index contributed by atoms with van der Waals surface area (Å²) in [4.78, 5) is 26.1. The Hall–Kier alpha value is -2.57. The molecule has 2 heterocycles. The maximum absolute atomic E-state index is 11.6. The number of aromatic carboxylic acids is 1. The van der Waals surface area contributed by atoms with Crippen LogP contribution in [0.25, 0.3) is 0 Å². The van der Waals surface area contributed by atoms with Crippen molar-refractivity contribution in [1.82, 2.24) is 14.9 Å². The van der Waals surface area contributed by atoms with Crippen molar-refractivity contribution < 1.29 is 19.1 Å². The molecule has 0 atom stereocenters. The van der Waals surface area contributed by atoms with Crippen LogP contribution in [-0.4, -0.2) is 33.1 Å². The summed E-state index contributed by atoms with van der Waals surface area (Å²) in [6.07, 6.45) is 5.98. The van der Waals surface area contributed by atoms with Crippen molar-refractivity contribution in [3.63, 3.8) is 0 Å². The fourth-order valence-electron chi connectivity index (χ4n) is 1.54. The zero-order valence-electron chi connectivity index (χ0n) is 10.1. The molecule has 0 saturated carbocycles.